The molecule has 184 valence electrons. The van der Waals surface area contributed by atoms with Crippen LogP contribution >= 0.6 is 0 Å². The Kier molecular flexibility index (Phi) is 6.62. The van der Waals surface area contributed by atoms with Crippen LogP contribution in [0.4, 0.5) is 21.7 Å². The smallest absolute Gasteiger partial charge is 0.255 e. The number of halogens is 1. The average Bonchev–Trinajstić information content (AvgIpc) is 3.07. The number of nitrogens with one attached hydrogen (secondary N) is 1. The zero-order valence-electron chi connectivity index (χ0n) is 20.0. The number of aliphatic hydroxyl groups is 1. The minimum atomic E-state index is -0.648. The largest absolute Gasteiger partial charge is 0.475 e. The van der Waals surface area contributed by atoms with Crippen LogP contribution < -0.4 is 15.0 Å². The van der Waals surface area contributed by atoms with Crippen LogP contribution in [-0.2, 0) is 4.74 Å². The summed E-state index contributed by atoms with van der Waals surface area (Å²) in [6.07, 6.45) is 7.34. The number of ether oxygens (including phenoxy) is 2. The molecule has 2 saturated heterocycles. The molecule has 2 unspecified atom stereocenters. The first-order valence-corrected chi connectivity index (χ1v) is 12.5. The Hall–Kier alpha value is -2.45. The molecule has 1 aromatic heterocycles. The van der Waals surface area contributed by atoms with Crippen molar-refractivity contribution in [3.05, 3.63) is 36.3 Å². The van der Waals surface area contributed by atoms with Gasteiger partial charge in [-0.2, -0.15) is 9.37 Å². The van der Waals surface area contributed by atoms with Crippen LogP contribution in [0, 0.1) is 17.7 Å². The Morgan fingerprint density at radius 3 is 2.41 bits per heavy atom. The molecule has 0 spiro atoms. The van der Waals surface area contributed by atoms with E-state index in [2.05, 4.69) is 32.3 Å². The highest BCUT2D eigenvalue weighted by Crippen LogP contribution is 2.36. The Morgan fingerprint density at radius 2 is 1.76 bits per heavy atom. The summed E-state index contributed by atoms with van der Waals surface area (Å²) in [6.45, 7) is 5.76. The second-order valence-corrected chi connectivity index (χ2v) is 10.5. The second-order valence-electron chi connectivity index (χ2n) is 10.5. The van der Waals surface area contributed by atoms with Gasteiger partial charge in [-0.15, -0.1) is 0 Å². The molecule has 1 aromatic carbocycles. The molecule has 2 atom stereocenters. The summed E-state index contributed by atoms with van der Waals surface area (Å²) in [7, 11) is 0. The molecule has 3 fully saturated rings. The first-order valence-electron chi connectivity index (χ1n) is 12.5. The number of morpholine rings is 1. The van der Waals surface area contributed by atoms with E-state index in [1.807, 2.05) is 26.0 Å². The maximum atomic E-state index is 14.3. The molecular weight excluding hydrogens is 435 g/mol. The summed E-state index contributed by atoms with van der Waals surface area (Å²) in [5.74, 6) is 0.367. The second kappa shape index (κ2) is 9.66. The molecule has 2 aliphatic heterocycles. The fraction of sp³-hybridized carbons (Fsp3) is 0.615. The van der Waals surface area contributed by atoms with Crippen molar-refractivity contribution in [2.24, 2.45) is 11.8 Å². The van der Waals surface area contributed by atoms with Gasteiger partial charge >= 0.3 is 0 Å². The van der Waals surface area contributed by atoms with Crippen LogP contribution in [0.2, 0.25) is 0 Å². The van der Waals surface area contributed by atoms with Crippen LogP contribution in [-0.4, -0.2) is 52.6 Å². The lowest BCUT2D eigenvalue weighted by Gasteiger charge is -2.36. The summed E-state index contributed by atoms with van der Waals surface area (Å²) in [5, 5.41) is 13.4. The number of anilines is 3. The third kappa shape index (κ3) is 5.13. The van der Waals surface area contributed by atoms with E-state index in [0.717, 1.165) is 50.8 Å². The Labute approximate surface area is 200 Å². The molecule has 2 bridgehead atoms. The van der Waals surface area contributed by atoms with Gasteiger partial charge in [-0.3, -0.25) is 0 Å². The van der Waals surface area contributed by atoms with Crippen LogP contribution in [0.1, 0.15) is 52.4 Å². The zero-order chi connectivity index (χ0) is 23.7. The summed E-state index contributed by atoms with van der Waals surface area (Å²) in [4.78, 5) is 10.8. The molecule has 5 rings (SSSR count). The first-order chi connectivity index (χ1) is 16.4. The minimum Gasteiger partial charge on any atom is -0.475 e. The van der Waals surface area contributed by atoms with E-state index >= 15 is 0 Å². The van der Waals surface area contributed by atoms with Gasteiger partial charge in [0, 0.05) is 11.4 Å². The fourth-order valence-electron chi connectivity index (χ4n) is 5.64. The summed E-state index contributed by atoms with van der Waals surface area (Å²) < 4.78 is 25.7. The molecule has 1 saturated carbocycles. The van der Waals surface area contributed by atoms with Crippen molar-refractivity contribution in [3.63, 3.8) is 0 Å². The number of hydrogen-bond acceptors (Lipinski definition) is 7. The lowest BCUT2D eigenvalue weighted by Crippen LogP contribution is -2.45. The van der Waals surface area contributed by atoms with Gasteiger partial charge in [-0.1, -0.05) is 0 Å². The van der Waals surface area contributed by atoms with Gasteiger partial charge in [0.15, 0.2) is 0 Å². The number of hydrogen-bond donors (Lipinski definition) is 2. The van der Waals surface area contributed by atoms with E-state index in [9.17, 15) is 9.50 Å². The maximum Gasteiger partial charge on any atom is 0.255 e. The Bertz CT molecular complexity index is 957. The SMILES string of the molecule is CC(C)(O)C1CCC(COc2nc(Nc3ccc(N4C5CCC4COC5)cc3)ncc2F)CC1. The van der Waals surface area contributed by atoms with E-state index in [1.165, 1.54) is 18.5 Å². The van der Waals surface area contributed by atoms with E-state index in [1.54, 1.807) is 0 Å². The van der Waals surface area contributed by atoms with Crippen molar-refractivity contribution in [1.29, 1.82) is 0 Å². The third-order valence-electron chi connectivity index (χ3n) is 7.68. The quantitative estimate of drug-likeness (QED) is 0.608. The van der Waals surface area contributed by atoms with Crippen molar-refractivity contribution >= 4 is 17.3 Å². The predicted octanol–water partition coefficient (Wildman–Crippen LogP) is 4.68. The number of benzene rings is 1. The molecule has 34 heavy (non-hydrogen) atoms. The standard InChI is InChI=1S/C26H35FN4O3/c1-26(2,32)18-5-3-17(4-6-18)14-34-24-23(27)13-28-25(30-24)29-19-7-9-20(10-8-19)31-21-11-12-22(31)16-33-15-21/h7-10,13,17-18,21-22,32H,3-6,11-12,14-16H2,1-2H3,(H,28,29,30). The normalized spacial score (nSPS) is 27.0. The van der Waals surface area contributed by atoms with Gasteiger partial charge in [-0.25, -0.2) is 4.98 Å². The zero-order valence-corrected chi connectivity index (χ0v) is 20.0. The highest BCUT2D eigenvalue weighted by molar-refractivity contribution is 5.60. The van der Waals surface area contributed by atoms with Crippen LogP contribution in [0.25, 0.3) is 0 Å². The van der Waals surface area contributed by atoms with Gasteiger partial charge in [0.2, 0.25) is 11.8 Å². The van der Waals surface area contributed by atoms with Gasteiger partial charge in [-0.05, 0) is 88.5 Å². The molecule has 7 nitrogen and oxygen atoms in total. The molecule has 2 aromatic rings. The average molecular weight is 471 g/mol. The van der Waals surface area contributed by atoms with Crippen molar-refractivity contribution in [2.45, 2.75) is 70.1 Å². The summed E-state index contributed by atoms with van der Waals surface area (Å²) >= 11 is 0. The van der Waals surface area contributed by atoms with Gasteiger partial charge < -0.3 is 24.8 Å². The van der Waals surface area contributed by atoms with Gasteiger partial charge in [0.25, 0.3) is 5.88 Å². The lowest BCUT2D eigenvalue weighted by molar-refractivity contribution is -0.00922. The molecule has 1 aliphatic carbocycles. The van der Waals surface area contributed by atoms with E-state index in [-0.39, 0.29) is 5.88 Å². The van der Waals surface area contributed by atoms with Crippen molar-refractivity contribution < 1.29 is 19.0 Å². The number of fused-ring (bicyclic) bond motifs is 2. The van der Waals surface area contributed by atoms with E-state index < -0.39 is 11.4 Å². The van der Waals surface area contributed by atoms with Gasteiger partial charge in [0.05, 0.1) is 43.7 Å². The number of rotatable bonds is 7. The summed E-state index contributed by atoms with van der Waals surface area (Å²) in [5.41, 5.74) is 1.39. The van der Waals surface area contributed by atoms with Crippen LogP contribution in [0.3, 0.4) is 0 Å². The van der Waals surface area contributed by atoms with E-state index in [4.69, 9.17) is 9.47 Å². The molecule has 3 heterocycles. The van der Waals surface area contributed by atoms with Crippen LogP contribution in [0.15, 0.2) is 30.5 Å². The maximum absolute atomic E-state index is 14.3. The van der Waals surface area contributed by atoms with Crippen LogP contribution in [0.5, 0.6) is 5.88 Å². The number of aromatic nitrogens is 2. The minimum absolute atomic E-state index is 0.0244. The van der Waals surface area contributed by atoms with Gasteiger partial charge in [0.1, 0.15) is 0 Å². The highest BCUT2D eigenvalue weighted by atomic mass is 19.1. The van der Waals surface area contributed by atoms with Crippen molar-refractivity contribution in [3.8, 4) is 5.88 Å². The van der Waals surface area contributed by atoms with Crippen molar-refractivity contribution in [2.75, 3.05) is 30.0 Å². The van der Waals surface area contributed by atoms with E-state index in [0.29, 0.717) is 36.5 Å². The third-order valence-corrected chi connectivity index (χ3v) is 7.68. The fourth-order valence-corrected chi connectivity index (χ4v) is 5.64. The first kappa shape index (κ1) is 23.3. The monoisotopic (exact) mass is 470 g/mol. The highest BCUT2D eigenvalue weighted by Gasteiger charge is 2.37. The predicted molar refractivity (Wildman–Crippen MR) is 129 cm³/mol. The number of nitrogens with zero attached hydrogens (tertiary/aromatic N) is 3. The Balaban J connectivity index is 1.17. The molecule has 2 N–H and O–H groups in total. The van der Waals surface area contributed by atoms with Crippen molar-refractivity contribution in [1.82, 2.24) is 9.97 Å². The molecule has 0 radical (unpaired) electrons. The summed E-state index contributed by atoms with van der Waals surface area (Å²) in [6, 6.07) is 9.12. The molecular formula is C26H35FN4O3. The molecule has 8 heteroatoms. The Morgan fingerprint density at radius 1 is 1.09 bits per heavy atom. The molecule has 0 amide bonds. The molecule has 3 aliphatic rings. The topological polar surface area (TPSA) is 79.7 Å². The lowest BCUT2D eigenvalue weighted by atomic mass is 9.75.